The molecule has 1 aromatic rings. The molecule has 2 amide bonds. The Bertz CT molecular complexity index is 235. The Hall–Kier alpha value is -1.71. The molecule has 3 N–H and O–H groups in total. The fourth-order valence-corrected chi connectivity index (χ4v) is 0.622. The second-order valence-electron chi connectivity index (χ2n) is 1.92. The Morgan fingerprint density at radius 3 is 2.55 bits per heavy atom. The summed E-state index contributed by atoms with van der Waals surface area (Å²) in [5.41, 5.74) is 11.3. The van der Waals surface area contributed by atoms with E-state index in [-0.39, 0.29) is 0 Å². The molecule has 1 aromatic carbocycles. The second kappa shape index (κ2) is 3.46. The third-order valence-electron chi connectivity index (χ3n) is 1.05. The fraction of sp³-hybridized carbons (Fsp3) is 0. The van der Waals surface area contributed by atoms with Crippen molar-refractivity contribution in [3.05, 3.63) is 30.3 Å². The first-order chi connectivity index (χ1) is 5.29. The molecule has 0 fully saturated rings. The van der Waals surface area contributed by atoms with Crippen LogP contribution in [-0.2, 0) is 0 Å². The number of benzene rings is 1. The molecule has 0 aromatic heterocycles. The van der Waals surface area contributed by atoms with Crippen molar-refractivity contribution in [1.29, 1.82) is 0 Å². The van der Waals surface area contributed by atoms with Gasteiger partial charge in [-0.25, -0.2) is 10.2 Å². The van der Waals surface area contributed by atoms with E-state index in [0.717, 1.165) is 0 Å². The lowest BCUT2D eigenvalue weighted by Gasteiger charge is -1.99. The van der Waals surface area contributed by atoms with E-state index in [4.69, 9.17) is 5.73 Å². The number of hydrogen-bond donors (Lipinski definition) is 2. The molecule has 0 atom stereocenters. The van der Waals surface area contributed by atoms with E-state index in [1.807, 2.05) is 18.2 Å². The van der Waals surface area contributed by atoms with E-state index >= 15 is 0 Å². The molecule has 0 heterocycles. The molecule has 4 nitrogen and oxygen atoms in total. The zero-order valence-corrected chi connectivity index (χ0v) is 5.82. The Kier molecular flexibility index (Phi) is 2.32. The molecular formula is C7H8N3O. The highest BCUT2D eigenvalue weighted by Gasteiger charge is 1.92. The van der Waals surface area contributed by atoms with Gasteiger partial charge in [-0.15, -0.1) is 0 Å². The summed E-state index contributed by atoms with van der Waals surface area (Å²) in [6, 6.07) is 8.37. The average Bonchev–Trinajstić information content (AvgIpc) is 2.03. The maximum atomic E-state index is 10.2. The lowest BCUT2D eigenvalue weighted by atomic mass is 10.3. The van der Waals surface area contributed by atoms with Crippen molar-refractivity contribution in [1.82, 2.24) is 10.9 Å². The van der Waals surface area contributed by atoms with Gasteiger partial charge in [0.1, 0.15) is 0 Å². The smallest absolute Gasteiger partial charge is 0.332 e. The molecule has 11 heavy (non-hydrogen) atoms. The number of primary amides is 1. The Labute approximate surface area is 64.4 Å². The van der Waals surface area contributed by atoms with Crippen LogP contribution in [0, 0.1) is 0 Å². The number of rotatable bonds is 2. The Morgan fingerprint density at radius 1 is 1.36 bits per heavy atom. The van der Waals surface area contributed by atoms with E-state index < -0.39 is 6.03 Å². The van der Waals surface area contributed by atoms with Crippen LogP contribution in [0.15, 0.2) is 30.3 Å². The zero-order chi connectivity index (χ0) is 8.10. The van der Waals surface area contributed by atoms with Crippen molar-refractivity contribution in [3.8, 4) is 0 Å². The first-order valence-electron chi connectivity index (χ1n) is 3.10. The van der Waals surface area contributed by atoms with Gasteiger partial charge in [-0.05, 0) is 12.1 Å². The number of nitrogens with two attached hydrogens (primary N) is 1. The van der Waals surface area contributed by atoms with Crippen LogP contribution in [0.2, 0.25) is 0 Å². The summed E-state index contributed by atoms with van der Waals surface area (Å²) in [5.74, 6) is 0. The van der Waals surface area contributed by atoms with Gasteiger partial charge < -0.3 is 5.73 Å². The summed E-state index contributed by atoms with van der Waals surface area (Å²) in [6.45, 7) is 0. The predicted octanol–water partition coefficient (Wildman–Crippen LogP) is 0.506. The highest BCUT2D eigenvalue weighted by Crippen LogP contribution is 2.02. The SMILES string of the molecule is NC(=O)N[N]c1ccccc1. The lowest BCUT2D eigenvalue weighted by Crippen LogP contribution is -2.33. The third kappa shape index (κ3) is 2.57. The van der Waals surface area contributed by atoms with Gasteiger partial charge in [-0.3, -0.25) is 0 Å². The second-order valence-corrected chi connectivity index (χ2v) is 1.92. The van der Waals surface area contributed by atoms with Crippen molar-refractivity contribution in [2.75, 3.05) is 0 Å². The summed E-state index contributed by atoms with van der Waals surface area (Å²) < 4.78 is 0. The first kappa shape index (κ1) is 7.40. The predicted molar refractivity (Wildman–Crippen MR) is 41.0 cm³/mol. The summed E-state index contributed by atoms with van der Waals surface area (Å²) in [7, 11) is 0. The summed E-state index contributed by atoms with van der Waals surface area (Å²) in [6.07, 6.45) is 0. The Balaban J connectivity index is 2.45. The summed E-state index contributed by atoms with van der Waals surface area (Å²) in [5, 5.41) is 0. The summed E-state index contributed by atoms with van der Waals surface area (Å²) in [4.78, 5) is 10.2. The van der Waals surface area contributed by atoms with E-state index in [1.165, 1.54) is 0 Å². The molecule has 1 rings (SSSR count). The number of carbonyl (C=O) groups is 1. The van der Waals surface area contributed by atoms with Crippen molar-refractivity contribution >= 4 is 11.7 Å². The number of hydrogen-bond acceptors (Lipinski definition) is 1. The standard InChI is InChI=1S/C7H8N3O/c8-7(11)10-9-6-4-2-1-3-5-6/h1-5H,(H3,8,10,11). The molecule has 0 aliphatic heterocycles. The molecule has 0 aliphatic carbocycles. The topological polar surface area (TPSA) is 69.2 Å². The molecule has 0 saturated heterocycles. The van der Waals surface area contributed by atoms with Crippen LogP contribution in [0.5, 0.6) is 0 Å². The normalized spacial score (nSPS) is 8.73. The largest absolute Gasteiger partial charge is 0.350 e. The van der Waals surface area contributed by atoms with E-state index in [0.29, 0.717) is 5.69 Å². The van der Waals surface area contributed by atoms with Gasteiger partial charge in [0.15, 0.2) is 0 Å². The molecule has 0 aliphatic rings. The number of nitrogens with zero attached hydrogens (tertiary/aromatic N) is 1. The highest BCUT2D eigenvalue weighted by molar-refractivity contribution is 5.71. The number of amides is 2. The number of urea groups is 1. The van der Waals surface area contributed by atoms with E-state index in [9.17, 15) is 4.79 Å². The van der Waals surface area contributed by atoms with Crippen LogP contribution in [0.3, 0.4) is 0 Å². The molecule has 0 unspecified atom stereocenters. The van der Waals surface area contributed by atoms with Gasteiger partial charge in [-0.1, -0.05) is 18.2 Å². The zero-order valence-electron chi connectivity index (χ0n) is 5.82. The molecule has 4 heteroatoms. The van der Waals surface area contributed by atoms with Crippen LogP contribution in [0.25, 0.3) is 0 Å². The minimum atomic E-state index is -0.658. The molecule has 1 radical (unpaired) electrons. The maximum absolute atomic E-state index is 10.2. The Morgan fingerprint density at radius 2 is 2.00 bits per heavy atom. The van der Waals surface area contributed by atoms with Crippen molar-refractivity contribution in [2.24, 2.45) is 5.73 Å². The first-order valence-corrected chi connectivity index (χ1v) is 3.10. The molecule has 0 saturated carbocycles. The van der Waals surface area contributed by atoms with Crippen molar-refractivity contribution < 1.29 is 4.79 Å². The highest BCUT2D eigenvalue weighted by atomic mass is 16.2. The van der Waals surface area contributed by atoms with Gasteiger partial charge in [0.2, 0.25) is 0 Å². The fourth-order valence-electron chi connectivity index (χ4n) is 0.622. The van der Waals surface area contributed by atoms with Gasteiger partial charge in [0, 0.05) is 0 Å². The number of para-hydroxylation sites is 1. The molecule has 57 valence electrons. The van der Waals surface area contributed by atoms with Gasteiger partial charge in [0.25, 0.3) is 0 Å². The maximum Gasteiger partial charge on any atom is 0.332 e. The lowest BCUT2D eigenvalue weighted by molar-refractivity contribution is 0.246. The van der Waals surface area contributed by atoms with Crippen LogP contribution in [-0.4, -0.2) is 6.03 Å². The van der Waals surface area contributed by atoms with Crippen molar-refractivity contribution in [3.63, 3.8) is 0 Å². The van der Waals surface area contributed by atoms with E-state index in [1.54, 1.807) is 12.1 Å². The minimum absolute atomic E-state index is 0.658. The molecular weight excluding hydrogens is 142 g/mol. The molecule has 0 bridgehead atoms. The number of nitrogens with one attached hydrogen (secondary N) is 1. The van der Waals surface area contributed by atoms with E-state index in [2.05, 4.69) is 10.9 Å². The quantitative estimate of drug-likeness (QED) is 0.592. The molecule has 0 spiro atoms. The van der Waals surface area contributed by atoms with Gasteiger partial charge in [0.05, 0.1) is 5.69 Å². The minimum Gasteiger partial charge on any atom is -0.350 e. The van der Waals surface area contributed by atoms with Crippen LogP contribution < -0.4 is 16.6 Å². The van der Waals surface area contributed by atoms with Crippen LogP contribution in [0.1, 0.15) is 0 Å². The monoisotopic (exact) mass is 150 g/mol. The third-order valence-corrected chi connectivity index (χ3v) is 1.05. The number of carbonyl (C=O) groups excluding carboxylic acids is 1. The van der Waals surface area contributed by atoms with Crippen LogP contribution in [0.4, 0.5) is 10.5 Å². The van der Waals surface area contributed by atoms with Gasteiger partial charge in [-0.2, -0.15) is 5.43 Å². The van der Waals surface area contributed by atoms with Crippen molar-refractivity contribution in [2.45, 2.75) is 0 Å². The van der Waals surface area contributed by atoms with Crippen LogP contribution >= 0.6 is 0 Å². The average molecular weight is 150 g/mol. The summed E-state index contributed by atoms with van der Waals surface area (Å²) >= 11 is 0. The van der Waals surface area contributed by atoms with Gasteiger partial charge >= 0.3 is 6.03 Å².